The number of hydrogen-bond donors (Lipinski definition) is 0. The molecular formula is C20H38Cl2Zr-10. The van der Waals surface area contributed by atoms with Crippen LogP contribution < -0.4 is 0 Å². The molecule has 0 fully saturated rings. The predicted octanol–water partition coefficient (Wildman–Crippen LogP) is 8.62. The Kier molecular flexibility index (Phi) is 165. The van der Waals surface area contributed by atoms with Gasteiger partial charge in [-0.2, -0.15) is 36.4 Å². The average molecular weight is 441 g/mol. The van der Waals surface area contributed by atoms with Gasteiger partial charge in [0.15, 0.2) is 0 Å². The minimum absolute atomic E-state index is 0. The van der Waals surface area contributed by atoms with E-state index in [1.165, 1.54) is 0 Å². The van der Waals surface area contributed by atoms with E-state index < -0.39 is 0 Å². The van der Waals surface area contributed by atoms with E-state index in [9.17, 15) is 0 Å². The van der Waals surface area contributed by atoms with Gasteiger partial charge in [-0.25, -0.2) is 12.1 Å². The summed E-state index contributed by atoms with van der Waals surface area (Å²) < 4.78 is 0. The van der Waals surface area contributed by atoms with Crippen LogP contribution in [0.25, 0.3) is 0 Å². The molecule has 0 N–H and O–H groups in total. The fourth-order valence-corrected chi connectivity index (χ4v) is 0.992. The maximum absolute atomic E-state index is 5.46. The Hall–Kier alpha value is 0.163. The third-order valence-corrected chi connectivity index (χ3v) is 1.75. The Morgan fingerprint density at radius 1 is 0.522 bits per heavy atom. The van der Waals surface area contributed by atoms with E-state index in [-0.39, 0.29) is 100 Å². The van der Waals surface area contributed by atoms with Gasteiger partial charge >= 0.3 is 26.2 Å². The van der Waals surface area contributed by atoms with Gasteiger partial charge < -0.3 is 74.3 Å². The van der Waals surface area contributed by atoms with E-state index >= 15 is 0 Å². The van der Waals surface area contributed by atoms with Gasteiger partial charge in [-0.05, 0) is 0 Å². The van der Waals surface area contributed by atoms with Gasteiger partial charge in [-0.3, -0.25) is 0 Å². The molecule has 3 heteroatoms. The molecule has 0 saturated carbocycles. The summed E-state index contributed by atoms with van der Waals surface area (Å²) in [7, 11) is 0. The molecule has 0 saturated heterocycles. The molecule has 0 aliphatic carbocycles. The van der Waals surface area contributed by atoms with Crippen molar-refractivity contribution >= 4 is 23.2 Å². The summed E-state index contributed by atoms with van der Waals surface area (Å²) in [5.74, 6) is 0. The normalized spacial score (nSPS) is 4.61. The third kappa shape index (κ3) is 44.9. The molecule has 0 radical (unpaired) electrons. The van der Waals surface area contributed by atoms with E-state index in [4.69, 9.17) is 23.2 Å². The van der Waals surface area contributed by atoms with Crippen molar-refractivity contribution in [3.63, 3.8) is 0 Å². The molecule has 0 aliphatic heterocycles. The maximum Gasteiger partial charge on any atom is 2.00 e. The minimum Gasteiger partial charge on any atom is -0.358 e. The van der Waals surface area contributed by atoms with Crippen molar-refractivity contribution in [3.8, 4) is 0 Å². The van der Waals surface area contributed by atoms with Crippen LogP contribution in [0.2, 0.25) is 10.0 Å². The molecule has 0 bridgehead atoms. The standard InChI is InChI=1S/2C5H4Cl.10CH3.Zr/c2*6-5-3-1-2-4-5;;;;;;;;;;;/h2*1-4H;10*1H3;/q12*-1;+2. The third-order valence-electron chi connectivity index (χ3n) is 1.24. The van der Waals surface area contributed by atoms with Gasteiger partial charge in [0.05, 0.1) is 0 Å². The molecule has 2 aromatic rings. The van der Waals surface area contributed by atoms with Gasteiger partial charge in [0, 0.05) is 0 Å². The summed E-state index contributed by atoms with van der Waals surface area (Å²) >= 11 is 10.9. The molecule has 0 nitrogen and oxygen atoms in total. The first kappa shape index (κ1) is 76.9. The van der Waals surface area contributed by atoms with Crippen LogP contribution in [0.1, 0.15) is 0 Å². The zero-order chi connectivity index (χ0) is 8.81. The number of rotatable bonds is 0. The van der Waals surface area contributed by atoms with Crippen LogP contribution in [-0.4, -0.2) is 0 Å². The molecule has 2 rings (SSSR count). The molecule has 0 amide bonds. The Morgan fingerprint density at radius 3 is 0.783 bits per heavy atom. The molecule has 0 aromatic heterocycles. The van der Waals surface area contributed by atoms with Gasteiger partial charge in [0.25, 0.3) is 0 Å². The maximum atomic E-state index is 5.46. The summed E-state index contributed by atoms with van der Waals surface area (Å²) in [6, 6.07) is 15.0. The monoisotopic (exact) mass is 438 g/mol. The quantitative estimate of drug-likeness (QED) is 0.360. The fraction of sp³-hybridized carbons (Fsp3) is 0. The average Bonchev–Trinajstić information content (AvgIpc) is 2.63. The molecule has 0 aliphatic rings. The van der Waals surface area contributed by atoms with Gasteiger partial charge in [-0.1, -0.05) is 10.0 Å². The first-order valence-corrected chi connectivity index (χ1v) is 4.29. The topological polar surface area (TPSA) is 0 Å². The van der Waals surface area contributed by atoms with Crippen molar-refractivity contribution in [1.82, 2.24) is 0 Å². The summed E-state index contributed by atoms with van der Waals surface area (Å²) in [5.41, 5.74) is 0. The molecular weight excluding hydrogens is 402 g/mol. The summed E-state index contributed by atoms with van der Waals surface area (Å²) in [4.78, 5) is 0. The molecule has 0 unspecified atom stereocenters. The zero-order valence-corrected chi connectivity index (χ0v) is 20.8. The Labute approximate surface area is 181 Å². The van der Waals surface area contributed by atoms with Crippen LogP contribution in [0.4, 0.5) is 0 Å². The second-order valence-electron chi connectivity index (χ2n) is 2.21. The van der Waals surface area contributed by atoms with Gasteiger partial charge in [0.2, 0.25) is 0 Å². The van der Waals surface area contributed by atoms with Crippen molar-refractivity contribution in [2.45, 2.75) is 0 Å². The van der Waals surface area contributed by atoms with Gasteiger partial charge in [0.1, 0.15) is 0 Å². The zero-order valence-electron chi connectivity index (χ0n) is 16.9. The Morgan fingerprint density at radius 2 is 0.739 bits per heavy atom. The van der Waals surface area contributed by atoms with E-state index in [2.05, 4.69) is 0 Å². The molecule has 0 atom stereocenters. The second-order valence-corrected chi connectivity index (χ2v) is 3.08. The van der Waals surface area contributed by atoms with E-state index in [0.29, 0.717) is 0 Å². The number of hydrogen-bond acceptors (Lipinski definition) is 0. The van der Waals surface area contributed by atoms with Crippen LogP contribution >= 0.6 is 23.2 Å². The molecule has 0 heterocycles. The smallest absolute Gasteiger partial charge is 0.358 e. The molecule has 0 spiro atoms. The molecule has 146 valence electrons. The largest absolute Gasteiger partial charge is 2.00 e. The summed E-state index contributed by atoms with van der Waals surface area (Å²) in [6.45, 7) is 0. The number of halogens is 2. The fourth-order valence-electron chi connectivity index (χ4n) is 0.701. The van der Waals surface area contributed by atoms with Gasteiger partial charge in [-0.15, -0.1) is 23.2 Å². The predicted molar refractivity (Wildman–Crippen MR) is 118 cm³/mol. The van der Waals surface area contributed by atoms with E-state index in [1.807, 2.05) is 48.5 Å². The van der Waals surface area contributed by atoms with Crippen molar-refractivity contribution < 1.29 is 26.2 Å². The summed E-state index contributed by atoms with van der Waals surface area (Å²) in [5, 5.41) is 1.63. The second kappa shape index (κ2) is 49.5. The summed E-state index contributed by atoms with van der Waals surface area (Å²) in [6.07, 6.45) is 0. The first-order valence-electron chi connectivity index (χ1n) is 3.53. The minimum atomic E-state index is 0. The van der Waals surface area contributed by atoms with Crippen LogP contribution in [0.3, 0.4) is 0 Å². The van der Waals surface area contributed by atoms with Crippen LogP contribution in [0, 0.1) is 74.3 Å². The van der Waals surface area contributed by atoms with E-state index in [0.717, 1.165) is 10.0 Å². The Balaban J connectivity index is -0.00000000941. The molecule has 2 aromatic carbocycles. The Bertz CT molecular complexity index is 255. The van der Waals surface area contributed by atoms with Crippen molar-refractivity contribution in [1.29, 1.82) is 0 Å². The SMILES string of the molecule is Clc1ccc[cH-]1.Clc1ccc[cH-]1.[CH3-].[CH3-].[CH3-].[CH3-].[CH3-].[CH3-].[CH3-].[CH3-].[CH3-].[CH3-].[Zr+2]. The first-order chi connectivity index (χ1) is 5.79. The van der Waals surface area contributed by atoms with Crippen LogP contribution in [0.5, 0.6) is 0 Å². The van der Waals surface area contributed by atoms with Crippen LogP contribution in [-0.2, 0) is 26.2 Å². The van der Waals surface area contributed by atoms with Crippen molar-refractivity contribution in [2.24, 2.45) is 0 Å². The molecule has 23 heavy (non-hydrogen) atoms. The van der Waals surface area contributed by atoms with Crippen LogP contribution in [0.15, 0.2) is 48.5 Å². The van der Waals surface area contributed by atoms with E-state index in [1.54, 1.807) is 0 Å². The van der Waals surface area contributed by atoms with Crippen molar-refractivity contribution in [2.75, 3.05) is 0 Å². The van der Waals surface area contributed by atoms with Crippen molar-refractivity contribution in [3.05, 3.63) is 133 Å².